The third-order valence-corrected chi connectivity index (χ3v) is 4.86. The van der Waals surface area contributed by atoms with Gasteiger partial charge in [0.25, 0.3) is 5.69 Å². The van der Waals surface area contributed by atoms with Gasteiger partial charge in [-0.3, -0.25) is 20.0 Å². The lowest BCUT2D eigenvalue weighted by Gasteiger charge is -2.31. The first-order chi connectivity index (χ1) is 13.6. The average molecular weight is 519 g/mol. The highest BCUT2D eigenvalue weighted by Crippen LogP contribution is 2.13. The third kappa shape index (κ3) is 9.72. The second kappa shape index (κ2) is 14.5. The molecule has 0 saturated carbocycles. The van der Waals surface area contributed by atoms with Crippen LogP contribution in [0.4, 0.5) is 5.69 Å². The number of morpholine rings is 1. The number of nitro benzene ring substituents is 1. The van der Waals surface area contributed by atoms with Crippen molar-refractivity contribution in [3.63, 3.8) is 0 Å². The molecule has 0 spiro atoms. The van der Waals surface area contributed by atoms with Gasteiger partial charge in [0, 0.05) is 44.4 Å². The van der Waals surface area contributed by atoms with E-state index in [-0.39, 0.29) is 34.6 Å². The Morgan fingerprint density at radius 1 is 1.24 bits per heavy atom. The molecule has 0 bridgehead atoms. The van der Waals surface area contributed by atoms with Gasteiger partial charge in [-0.15, -0.1) is 24.0 Å². The Balaban J connectivity index is 0.00000420. The van der Waals surface area contributed by atoms with E-state index in [1.165, 1.54) is 0 Å². The fourth-order valence-electron chi connectivity index (χ4n) is 3.14. The molecular formula is C20H34IN5O3. The van der Waals surface area contributed by atoms with Crippen molar-refractivity contribution >= 4 is 35.6 Å². The fraction of sp³-hybridized carbons (Fsp3) is 0.650. The molecule has 1 aliphatic rings. The fourth-order valence-corrected chi connectivity index (χ4v) is 3.14. The number of guanidine groups is 1. The number of nitrogens with zero attached hydrogens (tertiary/aromatic N) is 3. The number of hydrogen-bond donors (Lipinski definition) is 2. The van der Waals surface area contributed by atoms with E-state index in [4.69, 9.17) is 9.73 Å². The number of aryl methyl sites for hydroxylation is 1. The number of benzene rings is 1. The van der Waals surface area contributed by atoms with E-state index in [1.807, 2.05) is 12.1 Å². The van der Waals surface area contributed by atoms with Crippen molar-refractivity contribution < 1.29 is 9.66 Å². The maximum atomic E-state index is 10.7. The lowest BCUT2D eigenvalue weighted by Crippen LogP contribution is -2.44. The number of ether oxygens (including phenoxy) is 1. The molecule has 0 aliphatic carbocycles. The number of hydrogen-bond acceptors (Lipinski definition) is 5. The Morgan fingerprint density at radius 2 is 1.93 bits per heavy atom. The van der Waals surface area contributed by atoms with Crippen molar-refractivity contribution in [3.05, 3.63) is 39.9 Å². The van der Waals surface area contributed by atoms with Crippen LogP contribution in [-0.4, -0.2) is 67.8 Å². The number of unbranched alkanes of at least 4 members (excludes halogenated alkanes) is 1. The number of rotatable bonds is 10. The minimum Gasteiger partial charge on any atom is -0.379 e. The maximum absolute atomic E-state index is 10.7. The third-order valence-electron chi connectivity index (χ3n) is 4.86. The summed E-state index contributed by atoms with van der Waals surface area (Å²) in [5.74, 6) is 0.859. The molecule has 1 aromatic rings. The lowest BCUT2D eigenvalue weighted by molar-refractivity contribution is -0.384. The molecule has 1 heterocycles. The van der Waals surface area contributed by atoms with Crippen LogP contribution in [0.5, 0.6) is 0 Å². The molecule has 9 heteroatoms. The quantitative estimate of drug-likeness (QED) is 0.123. The zero-order chi connectivity index (χ0) is 20.2. The smallest absolute Gasteiger partial charge is 0.269 e. The molecule has 1 atom stereocenters. The molecule has 1 aromatic carbocycles. The minimum atomic E-state index is -0.366. The largest absolute Gasteiger partial charge is 0.379 e. The van der Waals surface area contributed by atoms with Gasteiger partial charge in [-0.05, 0) is 38.7 Å². The Labute approximate surface area is 190 Å². The number of non-ortho nitro benzene ring substituents is 1. The van der Waals surface area contributed by atoms with Gasteiger partial charge < -0.3 is 15.4 Å². The van der Waals surface area contributed by atoms with Gasteiger partial charge in [0.05, 0.1) is 24.7 Å². The van der Waals surface area contributed by atoms with Crippen LogP contribution < -0.4 is 10.6 Å². The molecule has 8 nitrogen and oxygen atoms in total. The highest BCUT2D eigenvalue weighted by molar-refractivity contribution is 14.0. The van der Waals surface area contributed by atoms with Crippen LogP contribution in [0.25, 0.3) is 0 Å². The summed E-state index contributed by atoms with van der Waals surface area (Å²) >= 11 is 0. The second-order valence-electron chi connectivity index (χ2n) is 7.02. The van der Waals surface area contributed by atoms with Gasteiger partial charge in [-0.2, -0.15) is 0 Å². The Hall–Kier alpha value is -1.46. The summed E-state index contributed by atoms with van der Waals surface area (Å²) in [6.07, 6.45) is 2.95. The summed E-state index contributed by atoms with van der Waals surface area (Å²) in [7, 11) is 0. The SMILES string of the molecule is CCNC(=NCC(C)N1CCOCC1)NCCCCc1ccc([N+](=O)[O-])cc1.I. The van der Waals surface area contributed by atoms with Gasteiger partial charge in [-0.25, -0.2) is 0 Å². The first-order valence-corrected chi connectivity index (χ1v) is 10.2. The number of nitrogens with one attached hydrogen (secondary N) is 2. The maximum Gasteiger partial charge on any atom is 0.269 e. The molecule has 2 rings (SSSR count). The molecule has 1 fully saturated rings. The summed E-state index contributed by atoms with van der Waals surface area (Å²) in [5.41, 5.74) is 1.27. The highest BCUT2D eigenvalue weighted by atomic mass is 127. The number of aliphatic imine (C=N–C) groups is 1. The van der Waals surface area contributed by atoms with Crippen molar-refractivity contribution in [2.24, 2.45) is 4.99 Å². The van der Waals surface area contributed by atoms with Gasteiger partial charge in [-0.1, -0.05) is 12.1 Å². The molecule has 29 heavy (non-hydrogen) atoms. The van der Waals surface area contributed by atoms with Crippen LogP contribution in [0, 0.1) is 10.1 Å². The molecule has 164 valence electrons. The summed E-state index contributed by atoms with van der Waals surface area (Å²) in [6.45, 7) is 10.3. The molecular weight excluding hydrogens is 485 g/mol. The predicted octanol–water partition coefficient (Wildman–Crippen LogP) is 2.81. The summed E-state index contributed by atoms with van der Waals surface area (Å²) in [4.78, 5) is 17.5. The van der Waals surface area contributed by atoms with E-state index in [1.54, 1.807) is 12.1 Å². The van der Waals surface area contributed by atoms with Crippen molar-refractivity contribution in [3.8, 4) is 0 Å². The average Bonchev–Trinajstić information content (AvgIpc) is 2.72. The Bertz CT molecular complexity index is 621. The molecule has 0 amide bonds. The first kappa shape index (κ1) is 25.6. The second-order valence-corrected chi connectivity index (χ2v) is 7.02. The lowest BCUT2D eigenvalue weighted by atomic mass is 10.1. The monoisotopic (exact) mass is 519 g/mol. The van der Waals surface area contributed by atoms with E-state index < -0.39 is 0 Å². The summed E-state index contributed by atoms with van der Waals surface area (Å²) in [6, 6.07) is 7.22. The number of nitro groups is 1. The van der Waals surface area contributed by atoms with Crippen LogP contribution in [0.3, 0.4) is 0 Å². The predicted molar refractivity (Wildman–Crippen MR) is 127 cm³/mol. The van der Waals surface area contributed by atoms with Crippen LogP contribution in [-0.2, 0) is 11.2 Å². The zero-order valence-corrected chi connectivity index (χ0v) is 19.8. The van der Waals surface area contributed by atoms with E-state index >= 15 is 0 Å². The summed E-state index contributed by atoms with van der Waals surface area (Å²) in [5, 5.41) is 17.4. The molecule has 1 unspecified atom stereocenters. The van der Waals surface area contributed by atoms with Gasteiger partial charge in [0.15, 0.2) is 5.96 Å². The van der Waals surface area contributed by atoms with Crippen LogP contribution in [0.15, 0.2) is 29.3 Å². The molecule has 0 radical (unpaired) electrons. The normalized spacial score (nSPS) is 16.0. The zero-order valence-electron chi connectivity index (χ0n) is 17.4. The van der Waals surface area contributed by atoms with Crippen molar-refractivity contribution in [2.75, 3.05) is 45.9 Å². The van der Waals surface area contributed by atoms with Crippen LogP contribution in [0.2, 0.25) is 0 Å². The van der Waals surface area contributed by atoms with E-state index in [9.17, 15) is 10.1 Å². The van der Waals surface area contributed by atoms with Gasteiger partial charge in [0.1, 0.15) is 0 Å². The van der Waals surface area contributed by atoms with Crippen LogP contribution >= 0.6 is 24.0 Å². The standard InChI is InChI=1S/C20H33N5O3.HI/c1-3-21-20(23-16-17(2)24-12-14-28-15-13-24)22-11-5-4-6-18-7-9-19(10-8-18)25(26)27;/h7-10,17H,3-6,11-16H2,1-2H3,(H2,21,22,23);1H. The molecule has 0 aromatic heterocycles. The molecule has 2 N–H and O–H groups in total. The van der Waals surface area contributed by atoms with Crippen LogP contribution in [0.1, 0.15) is 32.3 Å². The Morgan fingerprint density at radius 3 is 2.55 bits per heavy atom. The summed E-state index contributed by atoms with van der Waals surface area (Å²) < 4.78 is 5.41. The topological polar surface area (TPSA) is 92.0 Å². The Kier molecular flexibility index (Phi) is 12.8. The minimum absolute atomic E-state index is 0. The van der Waals surface area contributed by atoms with Crippen molar-refractivity contribution in [2.45, 2.75) is 39.2 Å². The van der Waals surface area contributed by atoms with E-state index in [0.717, 1.165) is 76.7 Å². The number of halogens is 1. The molecule has 1 saturated heterocycles. The van der Waals surface area contributed by atoms with Gasteiger partial charge in [0.2, 0.25) is 0 Å². The van der Waals surface area contributed by atoms with Gasteiger partial charge >= 0.3 is 0 Å². The van der Waals surface area contributed by atoms with E-state index in [0.29, 0.717) is 6.04 Å². The van der Waals surface area contributed by atoms with Crippen molar-refractivity contribution in [1.29, 1.82) is 0 Å². The van der Waals surface area contributed by atoms with Crippen molar-refractivity contribution in [1.82, 2.24) is 15.5 Å². The van der Waals surface area contributed by atoms with E-state index in [2.05, 4.69) is 29.4 Å². The highest BCUT2D eigenvalue weighted by Gasteiger charge is 2.16. The molecule has 1 aliphatic heterocycles. The first-order valence-electron chi connectivity index (χ1n) is 10.2.